The minimum Gasteiger partial charge on any atom is -0.457 e. The third kappa shape index (κ3) is 12.5. The molecule has 0 bridgehead atoms. The van der Waals surface area contributed by atoms with Gasteiger partial charge >= 0.3 is 17.9 Å². The first-order chi connectivity index (χ1) is 41.7. The van der Waals surface area contributed by atoms with Crippen LogP contribution in [0.25, 0.3) is 43.1 Å². The standard InChI is InChI=1S/C80H90O10/c1-73(2,3)41-77(13,14)45-21-29-49(30-22-45)85-57-37-53-61-54(70(82)89-69(53)81)39-59(87-51-33-25-47(26-34-51)79(17,18)43-75(7,8)9)65-66-60(88-52-35-27-48(28-36-52)80(19,20)44-76(10,11)12)40-56-62-55(71(83)90-72(56)84)38-58(64(68(62)66)63(57)67(61)65)86-50-31-23-46(24-32-50)78(15,16)42-74(4,5)6/h21-40,69,81H,41-44H2,1-20H3. The second kappa shape index (κ2) is 21.9. The van der Waals surface area contributed by atoms with Crippen molar-refractivity contribution in [3.8, 4) is 46.0 Å². The fraction of sp³-hybridized carbons (Fsp3) is 0.412. The van der Waals surface area contributed by atoms with Crippen LogP contribution in [0.4, 0.5) is 0 Å². The topological polar surface area (TPSA) is 127 Å². The lowest BCUT2D eigenvalue weighted by Gasteiger charge is -2.33. The number of hydrogen-bond donors (Lipinski definition) is 1. The van der Waals surface area contributed by atoms with Gasteiger partial charge in [0.1, 0.15) is 46.0 Å². The van der Waals surface area contributed by atoms with Crippen molar-refractivity contribution < 1.29 is 47.9 Å². The SMILES string of the molecule is CC(C)(C)CC(C)(C)c1ccc(Oc2cc3c4c(cc(Oc5ccc(C(C)(C)CC(C)(C)C)cc5)c5c6c(Oc7ccc(C(C)(C)CC(C)(C)C)cc7)cc7c8c(cc(Oc9ccc(C(C)(C)CC(C)(C)C)cc9)c(c2c45)c86)C(=O)OC7O)C(=O)OC3=O)cc1. The molecule has 0 aliphatic carbocycles. The molecule has 1 atom stereocenters. The number of esters is 3. The Kier molecular flexibility index (Phi) is 15.5. The third-order valence-electron chi connectivity index (χ3n) is 17.9. The number of fused-ring (bicyclic) bond motifs is 2. The van der Waals surface area contributed by atoms with Crippen molar-refractivity contribution in [3.63, 3.8) is 0 Å². The largest absolute Gasteiger partial charge is 0.457 e. The molecule has 0 amide bonds. The van der Waals surface area contributed by atoms with Gasteiger partial charge in [-0.1, -0.05) is 187 Å². The number of cyclic esters (lactones) is 3. The molecule has 0 fully saturated rings. The van der Waals surface area contributed by atoms with Crippen molar-refractivity contribution in [2.75, 3.05) is 0 Å². The molecule has 1 unspecified atom stereocenters. The van der Waals surface area contributed by atoms with Crippen LogP contribution in [0, 0.1) is 21.7 Å². The molecule has 0 aromatic heterocycles. The molecule has 9 aromatic rings. The number of carbonyl (C=O) groups is 3. The van der Waals surface area contributed by atoms with E-state index in [0.29, 0.717) is 66.1 Å². The molecule has 470 valence electrons. The van der Waals surface area contributed by atoms with Crippen molar-refractivity contribution in [1.82, 2.24) is 0 Å². The Morgan fingerprint density at radius 2 is 0.567 bits per heavy atom. The van der Waals surface area contributed by atoms with Crippen molar-refractivity contribution in [1.29, 1.82) is 0 Å². The molecule has 2 aliphatic rings. The van der Waals surface area contributed by atoms with Crippen LogP contribution >= 0.6 is 0 Å². The highest BCUT2D eigenvalue weighted by atomic mass is 16.6. The zero-order valence-electron chi connectivity index (χ0n) is 56.6. The molecule has 0 spiro atoms. The van der Waals surface area contributed by atoms with Gasteiger partial charge in [0.25, 0.3) is 0 Å². The Labute approximate surface area is 531 Å². The van der Waals surface area contributed by atoms with E-state index in [0.717, 1.165) is 47.9 Å². The predicted octanol–water partition coefficient (Wildman–Crippen LogP) is 22.2. The summed E-state index contributed by atoms with van der Waals surface area (Å²) >= 11 is 0. The highest BCUT2D eigenvalue weighted by molar-refractivity contribution is 6.42. The molecule has 2 heterocycles. The van der Waals surface area contributed by atoms with Gasteiger partial charge in [0.2, 0.25) is 6.29 Å². The number of aliphatic hydroxyl groups is 1. The van der Waals surface area contributed by atoms with Crippen molar-refractivity contribution in [3.05, 3.63) is 166 Å². The van der Waals surface area contributed by atoms with Crippen molar-refractivity contribution in [2.24, 2.45) is 21.7 Å². The summed E-state index contributed by atoms with van der Waals surface area (Å²) in [6.07, 6.45) is 2.01. The quantitative estimate of drug-likeness (QED) is 0.0432. The molecule has 0 radical (unpaired) electrons. The summed E-state index contributed by atoms with van der Waals surface area (Å²) < 4.78 is 40.3. The summed E-state index contributed by atoms with van der Waals surface area (Å²) in [5.41, 5.74) is 4.64. The van der Waals surface area contributed by atoms with Gasteiger partial charge in [-0.15, -0.1) is 0 Å². The summed E-state index contributed by atoms with van der Waals surface area (Å²) in [5.74, 6) is 0.391. The number of hydrogen-bond acceptors (Lipinski definition) is 10. The summed E-state index contributed by atoms with van der Waals surface area (Å²) in [6, 6.07) is 38.8. The minimum atomic E-state index is -1.71. The summed E-state index contributed by atoms with van der Waals surface area (Å²) in [4.78, 5) is 43.9. The van der Waals surface area contributed by atoms with Crippen molar-refractivity contribution >= 4 is 61.0 Å². The minimum absolute atomic E-state index is 0.0585. The zero-order chi connectivity index (χ0) is 65.4. The zero-order valence-corrected chi connectivity index (χ0v) is 56.6. The van der Waals surface area contributed by atoms with Crippen LogP contribution in [0.5, 0.6) is 46.0 Å². The lowest BCUT2D eigenvalue weighted by molar-refractivity contribution is -0.0687. The first kappa shape index (κ1) is 63.6. The first-order valence-electron chi connectivity index (χ1n) is 31.8. The Bertz CT molecular complexity index is 4160. The van der Waals surface area contributed by atoms with Crippen LogP contribution in [0.3, 0.4) is 0 Å². The smallest absolute Gasteiger partial charge is 0.346 e. The highest BCUT2D eigenvalue weighted by Gasteiger charge is 2.40. The monoisotopic (exact) mass is 1210 g/mol. The van der Waals surface area contributed by atoms with Gasteiger partial charge in [-0.3, -0.25) is 0 Å². The fourth-order valence-electron chi connectivity index (χ4n) is 15.7. The Balaban J connectivity index is 1.26. The molecular weight excluding hydrogens is 1120 g/mol. The van der Waals surface area contributed by atoms with Crippen LogP contribution in [0.1, 0.15) is 229 Å². The van der Waals surface area contributed by atoms with Crippen LogP contribution in [0.2, 0.25) is 0 Å². The molecule has 10 nitrogen and oxygen atoms in total. The summed E-state index contributed by atoms with van der Waals surface area (Å²) in [7, 11) is 0. The molecule has 0 saturated carbocycles. The molecule has 9 aromatic carbocycles. The Morgan fingerprint density at radius 3 is 0.833 bits per heavy atom. The lowest BCUT2D eigenvalue weighted by Crippen LogP contribution is -2.24. The Hall–Kier alpha value is -7.95. The van der Waals surface area contributed by atoms with Crippen LogP contribution in [-0.4, -0.2) is 23.0 Å². The normalized spacial score (nSPS) is 15.3. The second-order valence-corrected chi connectivity index (χ2v) is 33.2. The predicted molar refractivity (Wildman–Crippen MR) is 362 cm³/mol. The molecule has 90 heavy (non-hydrogen) atoms. The van der Waals surface area contributed by atoms with Crippen LogP contribution in [0.15, 0.2) is 121 Å². The summed E-state index contributed by atoms with van der Waals surface area (Å²) in [6.45, 7) is 44.8. The highest BCUT2D eigenvalue weighted by Crippen LogP contribution is 2.59. The van der Waals surface area contributed by atoms with Gasteiger partial charge in [0.15, 0.2) is 0 Å². The van der Waals surface area contributed by atoms with Gasteiger partial charge in [-0.2, -0.15) is 0 Å². The first-order valence-corrected chi connectivity index (χ1v) is 31.8. The van der Waals surface area contributed by atoms with Gasteiger partial charge in [-0.05, 0) is 164 Å². The molecule has 2 aliphatic heterocycles. The number of aliphatic hydroxyl groups excluding tert-OH is 1. The molecule has 0 saturated heterocycles. The maximum Gasteiger partial charge on any atom is 0.346 e. The van der Waals surface area contributed by atoms with Crippen LogP contribution < -0.4 is 18.9 Å². The average Bonchev–Trinajstić information content (AvgIpc) is 0.676. The van der Waals surface area contributed by atoms with E-state index in [-0.39, 0.29) is 88.6 Å². The van der Waals surface area contributed by atoms with E-state index in [4.69, 9.17) is 28.4 Å². The van der Waals surface area contributed by atoms with Crippen molar-refractivity contribution in [2.45, 2.75) is 192 Å². The Morgan fingerprint density at radius 1 is 0.322 bits per heavy atom. The average molecular weight is 1210 g/mol. The van der Waals surface area contributed by atoms with Crippen LogP contribution in [-0.2, 0) is 31.1 Å². The maximum absolute atomic E-state index is 14.7. The van der Waals surface area contributed by atoms with E-state index >= 15 is 0 Å². The van der Waals surface area contributed by atoms with E-state index in [1.165, 1.54) is 0 Å². The van der Waals surface area contributed by atoms with Gasteiger partial charge in [-0.25, -0.2) is 14.4 Å². The molecule has 11 rings (SSSR count). The number of rotatable bonds is 16. The third-order valence-corrected chi connectivity index (χ3v) is 17.9. The number of carbonyl (C=O) groups excluding carboxylic acids is 3. The molecular formula is C80H90O10. The molecule has 1 N–H and O–H groups in total. The van der Waals surface area contributed by atoms with E-state index in [1.807, 2.05) is 48.5 Å². The van der Waals surface area contributed by atoms with E-state index in [2.05, 4.69) is 187 Å². The van der Waals surface area contributed by atoms with E-state index in [9.17, 15) is 19.5 Å². The molecule has 10 heteroatoms. The van der Waals surface area contributed by atoms with E-state index < -0.39 is 24.2 Å². The van der Waals surface area contributed by atoms with Gasteiger partial charge < -0.3 is 33.5 Å². The summed E-state index contributed by atoms with van der Waals surface area (Å²) in [5, 5.41) is 15.5. The second-order valence-electron chi connectivity index (χ2n) is 33.2. The lowest BCUT2D eigenvalue weighted by atomic mass is 9.72. The van der Waals surface area contributed by atoms with Gasteiger partial charge in [0, 0.05) is 48.7 Å². The number of benzene rings is 9. The number of ether oxygens (including phenoxy) is 6. The van der Waals surface area contributed by atoms with E-state index in [1.54, 1.807) is 24.3 Å². The fourth-order valence-corrected chi connectivity index (χ4v) is 15.7. The maximum atomic E-state index is 14.7. The van der Waals surface area contributed by atoms with Gasteiger partial charge in [0.05, 0.1) is 16.7 Å².